The zero-order valence-corrected chi connectivity index (χ0v) is 15.7. The third kappa shape index (κ3) is 5.93. The maximum Gasteiger partial charge on any atom is 0.303 e. The summed E-state index contributed by atoms with van der Waals surface area (Å²) in [5, 5.41) is 12.2. The second-order valence-electron chi connectivity index (χ2n) is 5.67. The van der Waals surface area contributed by atoms with Gasteiger partial charge in [0.25, 0.3) is 0 Å². The summed E-state index contributed by atoms with van der Waals surface area (Å²) in [7, 11) is 0. The van der Waals surface area contributed by atoms with Crippen LogP contribution in [0, 0.1) is 0 Å². The van der Waals surface area contributed by atoms with Gasteiger partial charge in [-0.2, -0.15) is 0 Å². The van der Waals surface area contributed by atoms with Gasteiger partial charge in [-0.1, -0.05) is 42.3 Å². The van der Waals surface area contributed by atoms with Crippen molar-refractivity contribution in [3.63, 3.8) is 0 Å². The molecule has 0 aromatic heterocycles. The second kappa shape index (κ2) is 9.46. The summed E-state index contributed by atoms with van der Waals surface area (Å²) in [6.07, 6.45) is 0.748. The van der Waals surface area contributed by atoms with Gasteiger partial charge in [-0.15, -0.1) is 0 Å². The Hall–Kier alpha value is -2.24. The van der Waals surface area contributed by atoms with E-state index in [1.807, 2.05) is 18.2 Å². The van der Waals surface area contributed by atoms with E-state index < -0.39 is 5.97 Å². The number of benzene rings is 2. The number of anilines is 1. The van der Waals surface area contributed by atoms with Crippen molar-refractivity contribution in [3.05, 3.63) is 57.6 Å². The van der Waals surface area contributed by atoms with Crippen molar-refractivity contribution in [1.29, 1.82) is 0 Å². The van der Waals surface area contributed by atoms with E-state index in [9.17, 15) is 9.59 Å². The maximum atomic E-state index is 11.5. The third-order valence-corrected chi connectivity index (χ3v) is 4.16. The molecule has 0 radical (unpaired) electrons. The highest BCUT2D eigenvalue weighted by Gasteiger charge is 2.11. The Balaban J connectivity index is 2.06. The molecule has 7 heteroatoms. The van der Waals surface area contributed by atoms with Crippen LogP contribution in [0.1, 0.15) is 30.9 Å². The second-order valence-corrected chi connectivity index (χ2v) is 6.49. The molecule has 0 unspecified atom stereocenters. The number of amides is 1. The number of rotatable bonds is 8. The molecule has 0 fully saturated rings. The van der Waals surface area contributed by atoms with Gasteiger partial charge in [0, 0.05) is 18.5 Å². The zero-order chi connectivity index (χ0) is 19.1. The molecule has 0 aliphatic carbocycles. The molecular weight excluding hydrogens is 377 g/mol. The normalized spacial score (nSPS) is 10.4. The van der Waals surface area contributed by atoms with E-state index in [2.05, 4.69) is 5.32 Å². The van der Waals surface area contributed by atoms with Gasteiger partial charge in [-0.05, 0) is 41.8 Å². The van der Waals surface area contributed by atoms with Gasteiger partial charge in [-0.25, -0.2) is 0 Å². The smallest absolute Gasteiger partial charge is 0.303 e. The first kappa shape index (κ1) is 20.1. The minimum Gasteiger partial charge on any atom is -0.486 e. The fourth-order valence-electron chi connectivity index (χ4n) is 2.29. The summed E-state index contributed by atoms with van der Waals surface area (Å²) in [6.45, 7) is 2.01. The average Bonchev–Trinajstić information content (AvgIpc) is 2.59. The number of halogens is 2. The van der Waals surface area contributed by atoms with Crippen molar-refractivity contribution in [2.24, 2.45) is 0 Å². The summed E-state index contributed by atoms with van der Waals surface area (Å²) in [5.41, 5.74) is 2.28. The standard InChI is InChI=1S/C19H19Cl2NO4/c1-2-17(23)22-14-5-3-4-13(8-14)11-26-19-15(20)9-12(10-16(19)21)6-7-18(24)25/h3-5,8-10H,2,6-7,11H2,1H3,(H,22,23)(H,24,25). The highest BCUT2D eigenvalue weighted by molar-refractivity contribution is 6.37. The quantitative estimate of drug-likeness (QED) is 0.663. The molecule has 26 heavy (non-hydrogen) atoms. The van der Waals surface area contributed by atoms with Crippen LogP contribution in [0.5, 0.6) is 5.75 Å². The summed E-state index contributed by atoms with van der Waals surface area (Å²) in [5.74, 6) is -0.603. The van der Waals surface area contributed by atoms with Crippen molar-refractivity contribution >= 4 is 40.8 Å². The van der Waals surface area contributed by atoms with E-state index >= 15 is 0 Å². The highest BCUT2D eigenvalue weighted by atomic mass is 35.5. The summed E-state index contributed by atoms with van der Waals surface area (Å²) in [6, 6.07) is 10.6. The van der Waals surface area contributed by atoms with Gasteiger partial charge in [0.15, 0.2) is 5.75 Å². The van der Waals surface area contributed by atoms with Crippen molar-refractivity contribution in [2.45, 2.75) is 32.8 Å². The average molecular weight is 396 g/mol. The molecule has 0 spiro atoms. The molecule has 2 aromatic carbocycles. The van der Waals surface area contributed by atoms with E-state index in [1.165, 1.54) is 0 Å². The van der Waals surface area contributed by atoms with Gasteiger partial charge < -0.3 is 15.2 Å². The van der Waals surface area contributed by atoms with Crippen LogP contribution in [0.15, 0.2) is 36.4 Å². The molecule has 1 amide bonds. The molecule has 0 aliphatic rings. The molecule has 2 aromatic rings. The monoisotopic (exact) mass is 395 g/mol. The van der Waals surface area contributed by atoms with E-state index in [4.69, 9.17) is 33.0 Å². The Morgan fingerprint density at radius 2 is 1.81 bits per heavy atom. The molecule has 2 rings (SSSR count). The van der Waals surface area contributed by atoms with E-state index in [0.717, 1.165) is 11.1 Å². The number of nitrogens with one attached hydrogen (secondary N) is 1. The number of hydrogen-bond acceptors (Lipinski definition) is 3. The number of hydrogen-bond donors (Lipinski definition) is 2. The van der Waals surface area contributed by atoms with Crippen LogP contribution in [0.25, 0.3) is 0 Å². The number of carbonyl (C=O) groups excluding carboxylic acids is 1. The number of carbonyl (C=O) groups is 2. The molecule has 0 saturated heterocycles. The molecule has 0 aliphatic heterocycles. The van der Waals surface area contributed by atoms with Crippen LogP contribution in [0.2, 0.25) is 10.0 Å². The first-order valence-corrected chi connectivity index (χ1v) is 8.86. The molecule has 0 saturated carbocycles. The lowest BCUT2D eigenvalue weighted by Crippen LogP contribution is -2.09. The van der Waals surface area contributed by atoms with E-state index in [-0.39, 0.29) is 18.9 Å². The number of carboxylic acid groups (broad SMARTS) is 1. The summed E-state index contributed by atoms with van der Waals surface area (Å²) in [4.78, 5) is 22.1. The number of ether oxygens (including phenoxy) is 1. The third-order valence-electron chi connectivity index (χ3n) is 3.60. The van der Waals surface area contributed by atoms with Gasteiger partial charge >= 0.3 is 5.97 Å². The Labute approximate surface area is 161 Å². The van der Waals surface area contributed by atoms with Gasteiger partial charge in [0.1, 0.15) is 6.61 Å². The van der Waals surface area contributed by atoms with Crippen molar-refractivity contribution in [3.8, 4) is 5.75 Å². The topological polar surface area (TPSA) is 75.6 Å². The van der Waals surface area contributed by atoms with E-state index in [0.29, 0.717) is 34.3 Å². The summed E-state index contributed by atoms with van der Waals surface area (Å²) < 4.78 is 5.73. The van der Waals surface area contributed by atoms with Crippen LogP contribution in [0.4, 0.5) is 5.69 Å². The molecule has 0 bridgehead atoms. The number of aliphatic carboxylic acids is 1. The van der Waals surface area contributed by atoms with Crippen molar-refractivity contribution < 1.29 is 19.4 Å². The molecular formula is C19H19Cl2NO4. The zero-order valence-electron chi connectivity index (χ0n) is 14.2. The molecule has 2 N–H and O–H groups in total. The van der Waals surface area contributed by atoms with Crippen molar-refractivity contribution in [2.75, 3.05) is 5.32 Å². The van der Waals surface area contributed by atoms with E-state index in [1.54, 1.807) is 25.1 Å². The lowest BCUT2D eigenvalue weighted by molar-refractivity contribution is -0.137. The SMILES string of the molecule is CCC(=O)Nc1cccc(COc2c(Cl)cc(CCC(=O)O)cc2Cl)c1. The molecule has 0 heterocycles. The van der Waals surface area contributed by atoms with Gasteiger partial charge in [0.05, 0.1) is 10.0 Å². The largest absolute Gasteiger partial charge is 0.486 e. The molecule has 138 valence electrons. The number of aryl methyl sites for hydroxylation is 1. The fraction of sp³-hybridized carbons (Fsp3) is 0.263. The van der Waals surface area contributed by atoms with Gasteiger partial charge in [-0.3, -0.25) is 9.59 Å². The highest BCUT2D eigenvalue weighted by Crippen LogP contribution is 2.35. The fourth-order valence-corrected chi connectivity index (χ4v) is 2.93. The first-order valence-electron chi connectivity index (χ1n) is 8.10. The van der Waals surface area contributed by atoms with Crippen LogP contribution in [0.3, 0.4) is 0 Å². The minimum absolute atomic E-state index is 0.00311. The maximum absolute atomic E-state index is 11.5. The minimum atomic E-state index is -0.882. The Morgan fingerprint density at radius 1 is 1.12 bits per heavy atom. The van der Waals surface area contributed by atoms with Crippen LogP contribution in [-0.2, 0) is 22.6 Å². The lowest BCUT2D eigenvalue weighted by atomic mass is 10.1. The molecule has 5 nitrogen and oxygen atoms in total. The summed E-state index contributed by atoms with van der Waals surface area (Å²) >= 11 is 12.4. The van der Waals surface area contributed by atoms with Crippen LogP contribution >= 0.6 is 23.2 Å². The van der Waals surface area contributed by atoms with Crippen LogP contribution < -0.4 is 10.1 Å². The Morgan fingerprint density at radius 3 is 2.42 bits per heavy atom. The molecule has 0 atom stereocenters. The Bertz CT molecular complexity index is 785. The van der Waals surface area contributed by atoms with Crippen LogP contribution in [-0.4, -0.2) is 17.0 Å². The predicted molar refractivity (Wildman–Crippen MR) is 102 cm³/mol. The first-order chi connectivity index (χ1) is 12.4. The lowest BCUT2D eigenvalue weighted by Gasteiger charge is -2.12. The van der Waals surface area contributed by atoms with Crippen molar-refractivity contribution in [1.82, 2.24) is 0 Å². The number of carboxylic acids is 1. The Kier molecular flexibility index (Phi) is 7.30. The van der Waals surface area contributed by atoms with Gasteiger partial charge in [0.2, 0.25) is 5.91 Å². The predicted octanol–water partition coefficient (Wildman–Crippen LogP) is 4.94.